The van der Waals surface area contributed by atoms with Gasteiger partial charge in [0.1, 0.15) is 11.6 Å². The molecule has 0 unspecified atom stereocenters. The molecule has 12 nitrogen and oxygen atoms in total. The summed E-state index contributed by atoms with van der Waals surface area (Å²) in [4.78, 5) is 45.2. The number of esters is 2. The quantitative estimate of drug-likeness (QED) is 0.495. The summed E-state index contributed by atoms with van der Waals surface area (Å²) in [5.41, 5.74) is 6.39. The SMILES string of the molecule is COC(=O)C[C@H]1O[C@@H](n2c(=O)n(Cc3cccc(C#N)c3)c3cnc(N)nc32)[C@H](OC(C)=O)[C@@H]1F. The van der Waals surface area contributed by atoms with Gasteiger partial charge in [0.05, 0.1) is 37.9 Å². The Balaban J connectivity index is 1.84. The molecule has 13 heteroatoms. The van der Waals surface area contributed by atoms with Gasteiger partial charge in [0.15, 0.2) is 24.2 Å². The number of nitrogens with zero attached hydrogens (tertiary/aromatic N) is 5. The number of hydrogen-bond acceptors (Lipinski definition) is 10. The number of carbonyl (C=O) groups is 2. The molecule has 0 radical (unpaired) electrons. The summed E-state index contributed by atoms with van der Waals surface area (Å²) in [7, 11) is 1.14. The molecule has 0 aliphatic carbocycles. The number of halogens is 1. The molecule has 4 atom stereocenters. The maximum Gasteiger partial charge on any atom is 0.332 e. The van der Waals surface area contributed by atoms with Gasteiger partial charge in [0.2, 0.25) is 5.95 Å². The van der Waals surface area contributed by atoms with Crippen molar-refractivity contribution in [2.45, 2.75) is 44.5 Å². The topological polar surface area (TPSA) is 164 Å². The van der Waals surface area contributed by atoms with Gasteiger partial charge in [0, 0.05) is 6.92 Å². The zero-order chi connectivity index (χ0) is 25.3. The normalized spacial score (nSPS) is 21.5. The number of nitriles is 1. The summed E-state index contributed by atoms with van der Waals surface area (Å²) in [6, 6.07) is 8.68. The molecular formula is C22H21FN6O6. The van der Waals surface area contributed by atoms with Gasteiger partial charge < -0.3 is 19.9 Å². The lowest BCUT2D eigenvalue weighted by molar-refractivity contribution is -0.154. The van der Waals surface area contributed by atoms with Crippen molar-refractivity contribution in [3.05, 3.63) is 52.1 Å². The molecule has 182 valence electrons. The van der Waals surface area contributed by atoms with Crippen molar-refractivity contribution in [3.63, 3.8) is 0 Å². The van der Waals surface area contributed by atoms with Crippen molar-refractivity contribution >= 4 is 29.1 Å². The van der Waals surface area contributed by atoms with E-state index in [-0.39, 0.29) is 23.7 Å². The van der Waals surface area contributed by atoms with Crippen molar-refractivity contribution < 1.29 is 28.2 Å². The first-order chi connectivity index (χ1) is 16.7. The highest BCUT2D eigenvalue weighted by Gasteiger charge is 2.50. The van der Waals surface area contributed by atoms with E-state index in [9.17, 15) is 19.6 Å². The van der Waals surface area contributed by atoms with Gasteiger partial charge in [0.25, 0.3) is 0 Å². The average molecular weight is 484 g/mol. The molecule has 1 aliphatic rings. The van der Waals surface area contributed by atoms with Gasteiger partial charge >= 0.3 is 17.6 Å². The number of anilines is 1. The molecule has 3 heterocycles. The van der Waals surface area contributed by atoms with Crippen molar-refractivity contribution in [3.8, 4) is 6.07 Å². The van der Waals surface area contributed by atoms with Crippen LogP contribution in [0.1, 0.15) is 30.7 Å². The molecule has 35 heavy (non-hydrogen) atoms. The largest absolute Gasteiger partial charge is 0.469 e. The van der Waals surface area contributed by atoms with Crippen LogP contribution in [-0.4, -0.2) is 56.5 Å². The molecule has 1 aliphatic heterocycles. The Kier molecular flexibility index (Phi) is 6.48. The summed E-state index contributed by atoms with van der Waals surface area (Å²) in [6.45, 7) is 1.12. The Morgan fingerprint density at radius 3 is 2.83 bits per heavy atom. The minimum absolute atomic E-state index is 0.0204. The first-order valence-electron chi connectivity index (χ1n) is 10.5. The number of carbonyl (C=O) groups excluding carboxylic acids is 2. The van der Waals surface area contributed by atoms with Crippen LogP contribution in [0.15, 0.2) is 35.3 Å². The molecule has 0 bridgehead atoms. The fraction of sp³-hybridized carbons (Fsp3) is 0.364. The van der Waals surface area contributed by atoms with Gasteiger partial charge in [-0.25, -0.2) is 18.7 Å². The van der Waals surface area contributed by atoms with Crippen molar-refractivity contribution in [1.29, 1.82) is 5.26 Å². The fourth-order valence-corrected chi connectivity index (χ4v) is 4.01. The number of methoxy groups -OCH3 is 1. The number of fused-ring (bicyclic) bond motifs is 1. The zero-order valence-corrected chi connectivity index (χ0v) is 18.8. The summed E-state index contributed by atoms with van der Waals surface area (Å²) in [6.07, 6.45) is -5.39. The minimum atomic E-state index is -1.93. The number of aromatic nitrogens is 4. The molecule has 2 aromatic heterocycles. The lowest BCUT2D eigenvalue weighted by Crippen LogP contribution is -2.37. The number of hydrogen-bond donors (Lipinski definition) is 1. The number of nitrogens with two attached hydrogens (primary N) is 1. The number of alkyl halides is 1. The second-order valence-corrected chi connectivity index (χ2v) is 7.85. The summed E-state index contributed by atoms with van der Waals surface area (Å²) < 4.78 is 33.1. The van der Waals surface area contributed by atoms with E-state index in [4.69, 9.17) is 15.2 Å². The van der Waals surface area contributed by atoms with E-state index in [0.717, 1.165) is 18.6 Å². The molecule has 0 saturated carbocycles. The Morgan fingerprint density at radius 2 is 2.14 bits per heavy atom. The predicted octanol–water partition coefficient (Wildman–Crippen LogP) is 0.825. The molecule has 1 saturated heterocycles. The number of nitrogen functional groups attached to an aromatic ring is 1. The monoisotopic (exact) mass is 484 g/mol. The average Bonchev–Trinajstić information content (AvgIpc) is 3.26. The van der Waals surface area contributed by atoms with Crippen molar-refractivity contribution in [2.75, 3.05) is 12.8 Å². The third-order valence-corrected chi connectivity index (χ3v) is 5.54. The Hall–Kier alpha value is -4.31. The molecule has 4 rings (SSSR count). The van der Waals surface area contributed by atoms with Gasteiger partial charge in [-0.15, -0.1) is 0 Å². The van der Waals surface area contributed by atoms with Crippen LogP contribution in [0.2, 0.25) is 0 Å². The van der Waals surface area contributed by atoms with Crippen LogP contribution in [0.25, 0.3) is 11.2 Å². The maximum absolute atomic E-state index is 15.3. The third kappa shape index (κ3) is 4.56. The Bertz CT molecular complexity index is 1400. The van der Waals surface area contributed by atoms with E-state index < -0.39 is 48.7 Å². The fourth-order valence-electron chi connectivity index (χ4n) is 4.01. The lowest BCUT2D eigenvalue weighted by Gasteiger charge is -2.19. The molecular weight excluding hydrogens is 463 g/mol. The highest BCUT2D eigenvalue weighted by molar-refractivity contribution is 5.72. The Morgan fingerprint density at radius 1 is 1.37 bits per heavy atom. The van der Waals surface area contributed by atoms with Crippen LogP contribution in [0.5, 0.6) is 0 Å². The van der Waals surface area contributed by atoms with E-state index in [1.807, 2.05) is 6.07 Å². The predicted molar refractivity (Wildman–Crippen MR) is 117 cm³/mol. The van der Waals surface area contributed by atoms with Crippen LogP contribution in [0.4, 0.5) is 10.3 Å². The highest BCUT2D eigenvalue weighted by atomic mass is 19.1. The summed E-state index contributed by atoms with van der Waals surface area (Å²) in [5, 5.41) is 9.18. The zero-order valence-electron chi connectivity index (χ0n) is 18.8. The highest BCUT2D eigenvalue weighted by Crippen LogP contribution is 2.36. The van der Waals surface area contributed by atoms with Crippen LogP contribution < -0.4 is 11.4 Å². The molecule has 0 amide bonds. The van der Waals surface area contributed by atoms with Gasteiger partial charge in [-0.3, -0.25) is 14.2 Å². The minimum Gasteiger partial charge on any atom is -0.469 e. The van der Waals surface area contributed by atoms with E-state index in [1.165, 1.54) is 10.8 Å². The number of imidazole rings is 1. The second kappa shape index (κ2) is 9.51. The molecule has 2 N–H and O–H groups in total. The third-order valence-electron chi connectivity index (χ3n) is 5.54. The van der Waals surface area contributed by atoms with Gasteiger partial charge in [-0.2, -0.15) is 10.2 Å². The first kappa shape index (κ1) is 23.8. The Labute approximate surface area is 197 Å². The van der Waals surface area contributed by atoms with Gasteiger partial charge in [-0.05, 0) is 17.7 Å². The van der Waals surface area contributed by atoms with E-state index >= 15 is 4.39 Å². The molecule has 0 spiro atoms. The second-order valence-electron chi connectivity index (χ2n) is 7.85. The van der Waals surface area contributed by atoms with E-state index in [1.54, 1.807) is 24.3 Å². The van der Waals surface area contributed by atoms with E-state index in [2.05, 4.69) is 14.7 Å². The van der Waals surface area contributed by atoms with E-state index in [0.29, 0.717) is 11.1 Å². The molecule has 1 fully saturated rings. The number of benzene rings is 1. The summed E-state index contributed by atoms with van der Waals surface area (Å²) >= 11 is 0. The lowest BCUT2D eigenvalue weighted by atomic mass is 10.1. The van der Waals surface area contributed by atoms with Crippen molar-refractivity contribution in [2.24, 2.45) is 0 Å². The smallest absolute Gasteiger partial charge is 0.332 e. The van der Waals surface area contributed by atoms with Crippen molar-refractivity contribution in [1.82, 2.24) is 19.1 Å². The van der Waals surface area contributed by atoms with Crippen LogP contribution in [0, 0.1) is 11.3 Å². The standard InChI is InChI=1S/C22H21FN6O6/c1-11(30)34-18-17(23)15(7-16(31)33-2)35-20(18)29-19-14(9-26-21(25)27-19)28(22(29)32)10-13-5-3-4-12(6-13)8-24/h3-6,9,15,17-18,20H,7,10H2,1-2H3,(H2,25,26,27)/t15-,17-,18-,20-/m1/s1. The molecule has 1 aromatic carbocycles. The summed E-state index contributed by atoms with van der Waals surface area (Å²) in [5.74, 6) is -1.69. The van der Waals surface area contributed by atoms with Crippen LogP contribution in [-0.2, 0) is 30.3 Å². The number of rotatable bonds is 6. The van der Waals surface area contributed by atoms with Crippen LogP contribution >= 0.6 is 0 Å². The molecule has 3 aromatic rings. The first-order valence-corrected chi connectivity index (χ1v) is 10.5. The van der Waals surface area contributed by atoms with Crippen LogP contribution in [0.3, 0.4) is 0 Å². The number of ether oxygens (including phenoxy) is 3. The maximum atomic E-state index is 15.3. The van der Waals surface area contributed by atoms with Gasteiger partial charge in [-0.1, -0.05) is 12.1 Å².